The third-order valence-electron chi connectivity index (χ3n) is 3.10. The molecule has 0 bridgehead atoms. The van der Waals surface area contributed by atoms with E-state index in [-0.39, 0.29) is 42.7 Å². The maximum Gasteiger partial charge on any atom is 0.228 e. The second kappa shape index (κ2) is 8.67. The zero-order valence-electron chi connectivity index (χ0n) is 11.9. The first kappa shape index (κ1) is 19.4. The lowest BCUT2D eigenvalue weighted by Gasteiger charge is -2.15. The van der Waals surface area contributed by atoms with Gasteiger partial charge < -0.3 is 16.0 Å². The van der Waals surface area contributed by atoms with Crippen LogP contribution in [-0.2, 0) is 4.79 Å². The zero-order chi connectivity index (χ0) is 13.8. The predicted molar refractivity (Wildman–Crippen MR) is 90.0 cm³/mol. The number of amides is 1. The average Bonchev–Trinajstić information content (AvgIpc) is 2.91. The molecule has 2 aromatic rings. The van der Waals surface area contributed by atoms with E-state index in [2.05, 4.69) is 15.3 Å². The number of halogens is 2. The summed E-state index contributed by atoms with van der Waals surface area (Å²) in [7, 11) is 0. The second-order valence-electron chi connectivity index (χ2n) is 4.66. The SMILES string of the molecule is CC(N)C(C)C(=O)Nc1cccc(-c2ncc[nH]2)c1.Cl.Cl. The van der Waals surface area contributed by atoms with Crippen LogP contribution < -0.4 is 11.1 Å². The fourth-order valence-corrected chi connectivity index (χ4v) is 1.66. The minimum atomic E-state index is -0.229. The number of hydrogen-bond acceptors (Lipinski definition) is 3. The summed E-state index contributed by atoms with van der Waals surface area (Å²) in [6.07, 6.45) is 3.46. The monoisotopic (exact) mass is 330 g/mol. The number of H-pyrrole nitrogens is 1. The molecular formula is C14H20Cl2N4O. The van der Waals surface area contributed by atoms with Crippen molar-refractivity contribution in [3.05, 3.63) is 36.7 Å². The molecule has 0 saturated heterocycles. The minimum Gasteiger partial charge on any atom is -0.345 e. The van der Waals surface area contributed by atoms with Crippen molar-refractivity contribution in [2.45, 2.75) is 19.9 Å². The molecule has 0 saturated carbocycles. The van der Waals surface area contributed by atoms with Gasteiger partial charge in [0, 0.05) is 29.7 Å². The number of carbonyl (C=O) groups is 1. The zero-order valence-corrected chi connectivity index (χ0v) is 13.5. The Kier molecular flexibility index (Phi) is 8.02. The average molecular weight is 331 g/mol. The van der Waals surface area contributed by atoms with Crippen LogP contribution in [0.5, 0.6) is 0 Å². The van der Waals surface area contributed by atoms with Gasteiger partial charge in [-0.3, -0.25) is 4.79 Å². The number of nitrogens with two attached hydrogens (primary N) is 1. The Hall–Kier alpha value is -1.56. The Bertz CT molecular complexity index is 558. The van der Waals surface area contributed by atoms with Crippen molar-refractivity contribution in [2.24, 2.45) is 11.7 Å². The van der Waals surface area contributed by atoms with Gasteiger partial charge in [0.05, 0.1) is 5.92 Å². The van der Waals surface area contributed by atoms with Gasteiger partial charge in [0.15, 0.2) is 0 Å². The topological polar surface area (TPSA) is 83.8 Å². The highest BCUT2D eigenvalue weighted by Crippen LogP contribution is 2.19. The van der Waals surface area contributed by atoms with Crippen molar-refractivity contribution in [3.8, 4) is 11.4 Å². The van der Waals surface area contributed by atoms with Gasteiger partial charge in [-0.1, -0.05) is 19.1 Å². The molecule has 1 amide bonds. The summed E-state index contributed by atoms with van der Waals surface area (Å²) in [5.41, 5.74) is 7.39. The number of nitrogens with zero attached hydrogens (tertiary/aromatic N) is 1. The Morgan fingerprint density at radius 3 is 2.62 bits per heavy atom. The molecule has 1 aromatic heterocycles. The van der Waals surface area contributed by atoms with E-state index in [0.717, 1.165) is 17.1 Å². The van der Waals surface area contributed by atoms with E-state index in [4.69, 9.17) is 5.73 Å². The first-order chi connectivity index (χ1) is 9.08. The fraction of sp³-hybridized carbons (Fsp3) is 0.286. The third-order valence-corrected chi connectivity index (χ3v) is 3.10. The van der Waals surface area contributed by atoms with E-state index in [9.17, 15) is 4.79 Å². The van der Waals surface area contributed by atoms with Crippen molar-refractivity contribution in [2.75, 3.05) is 5.32 Å². The van der Waals surface area contributed by atoms with Crippen molar-refractivity contribution in [1.82, 2.24) is 9.97 Å². The van der Waals surface area contributed by atoms with Crippen LogP contribution in [0.3, 0.4) is 0 Å². The number of nitrogens with one attached hydrogen (secondary N) is 2. The van der Waals surface area contributed by atoms with E-state index in [1.165, 1.54) is 0 Å². The molecular weight excluding hydrogens is 311 g/mol. The van der Waals surface area contributed by atoms with Gasteiger partial charge in [-0.15, -0.1) is 24.8 Å². The number of benzene rings is 1. The first-order valence-corrected chi connectivity index (χ1v) is 6.24. The summed E-state index contributed by atoms with van der Waals surface area (Å²) >= 11 is 0. The van der Waals surface area contributed by atoms with E-state index in [0.29, 0.717) is 0 Å². The highest BCUT2D eigenvalue weighted by molar-refractivity contribution is 5.93. The molecule has 2 rings (SSSR count). The molecule has 0 spiro atoms. The number of hydrogen-bond donors (Lipinski definition) is 3. The summed E-state index contributed by atoms with van der Waals surface area (Å²) in [5.74, 6) is 0.468. The molecule has 2 unspecified atom stereocenters. The Morgan fingerprint density at radius 1 is 1.33 bits per heavy atom. The highest BCUT2D eigenvalue weighted by atomic mass is 35.5. The van der Waals surface area contributed by atoms with E-state index in [1.54, 1.807) is 12.4 Å². The molecule has 0 aliphatic heterocycles. The third kappa shape index (κ3) is 5.04. The van der Waals surface area contributed by atoms with Crippen LogP contribution in [0.15, 0.2) is 36.7 Å². The number of aromatic nitrogens is 2. The number of imidazole rings is 1. The van der Waals surface area contributed by atoms with E-state index in [1.807, 2.05) is 38.1 Å². The fourth-order valence-electron chi connectivity index (χ4n) is 1.66. The molecule has 0 aliphatic rings. The lowest BCUT2D eigenvalue weighted by atomic mass is 10.0. The van der Waals surface area contributed by atoms with Crippen LogP contribution in [0.2, 0.25) is 0 Å². The molecule has 5 nitrogen and oxygen atoms in total. The molecule has 0 fully saturated rings. The molecule has 1 aromatic carbocycles. The summed E-state index contributed by atoms with van der Waals surface area (Å²) in [5, 5.41) is 2.86. The lowest BCUT2D eigenvalue weighted by molar-refractivity contribution is -0.119. The van der Waals surface area contributed by atoms with Crippen LogP contribution in [0, 0.1) is 5.92 Å². The van der Waals surface area contributed by atoms with Crippen molar-refractivity contribution in [3.63, 3.8) is 0 Å². The van der Waals surface area contributed by atoms with Crippen molar-refractivity contribution < 1.29 is 4.79 Å². The molecule has 2 atom stereocenters. The van der Waals surface area contributed by atoms with Gasteiger partial charge in [-0.05, 0) is 19.1 Å². The number of anilines is 1. The van der Waals surface area contributed by atoms with Gasteiger partial charge in [0.2, 0.25) is 5.91 Å². The summed E-state index contributed by atoms with van der Waals surface area (Å²) in [4.78, 5) is 19.2. The van der Waals surface area contributed by atoms with Crippen molar-refractivity contribution >= 4 is 36.4 Å². The second-order valence-corrected chi connectivity index (χ2v) is 4.66. The van der Waals surface area contributed by atoms with Gasteiger partial charge in [-0.25, -0.2) is 4.98 Å². The largest absolute Gasteiger partial charge is 0.345 e. The normalized spacial score (nSPS) is 12.5. The summed E-state index contributed by atoms with van der Waals surface area (Å²) < 4.78 is 0. The van der Waals surface area contributed by atoms with Gasteiger partial charge in [0.1, 0.15) is 5.82 Å². The molecule has 21 heavy (non-hydrogen) atoms. The van der Waals surface area contributed by atoms with Gasteiger partial charge in [0.25, 0.3) is 0 Å². The number of carbonyl (C=O) groups excluding carboxylic acids is 1. The quantitative estimate of drug-likeness (QED) is 0.805. The molecule has 7 heteroatoms. The standard InChI is InChI=1S/C14H18N4O.2ClH/c1-9(10(2)15)14(19)18-12-5-3-4-11(8-12)13-16-6-7-17-13;;/h3-10H,15H2,1-2H3,(H,16,17)(H,18,19);2*1H. The van der Waals surface area contributed by atoms with Crippen LogP contribution in [0.4, 0.5) is 5.69 Å². The molecule has 0 radical (unpaired) electrons. The number of aromatic amines is 1. The smallest absolute Gasteiger partial charge is 0.228 e. The molecule has 4 N–H and O–H groups in total. The highest BCUT2D eigenvalue weighted by Gasteiger charge is 2.17. The van der Waals surface area contributed by atoms with E-state index < -0.39 is 0 Å². The molecule has 1 heterocycles. The Morgan fingerprint density at radius 2 is 2.05 bits per heavy atom. The van der Waals surface area contributed by atoms with Crippen molar-refractivity contribution in [1.29, 1.82) is 0 Å². The van der Waals surface area contributed by atoms with Crippen LogP contribution in [-0.4, -0.2) is 21.9 Å². The van der Waals surface area contributed by atoms with Crippen LogP contribution >= 0.6 is 24.8 Å². The maximum absolute atomic E-state index is 11.9. The van der Waals surface area contributed by atoms with Gasteiger partial charge in [-0.2, -0.15) is 0 Å². The minimum absolute atomic E-state index is 0. The Balaban J connectivity index is 0.00000200. The van der Waals surface area contributed by atoms with Crippen LogP contribution in [0.1, 0.15) is 13.8 Å². The maximum atomic E-state index is 11.9. The Labute approximate surface area is 136 Å². The van der Waals surface area contributed by atoms with Gasteiger partial charge >= 0.3 is 0 Å². The molecule has 0 aliphatic carbocycles. The summed E-state index contributed by atoms with van der Waals surface area (Å²) in [6.45, 7) is 3.64. The first-order valence-electron chi connectivity index (χ1n) is 6.24. The van der Waals surface area contributed by atoms with E-state index >= 15 is 0 Å². The number of rotatable bonds is 4. The van der Waals surface area contributed by atoms with Crippen LogP contribution in [0.25, 0.3) is 11.4 Å². The summed E-state index contributed by atoms with van der Waals surface area (Å²) in [6, 6.07) is 7.37. The predicted octanol–water partition coefficient (Wildman–Crippen LogP) is 2.84. The lowest BCUT2D eigenvalue weighted by Crippen LogP contribution is -2.34. The molecule has 116 valence electrons.